The first-order chi connectivity index (χ1) is 5.68. The second-order valence-corrected chi connectivity index (χ2v) is 3.62. The molecule has 0 aromatic rings. The molecular weight excluding hydrogens is 174 g/mol. The van der Waals surface area contributed by atoms with Gasteiger partial charge in [0.1, 0.15) is 5.38 Å². The Morgan fingerprint density at radius 1 is 1.42 bits per heavy atom. The summed E-state index contributed by atoms with van der Waals surface area (Å²) in [5.74, 6) is -0.0619. The van der Waals surface area contributed by atoms with Gasteiger partial charge >= 0.3 is 0 Å². The zero-order valence-corrected chi connectivity index (χ0v) is 8.66. The van der Waals surface area contributed by atoms with Crippen LogP contribution in [0.2, 0.25) is 0 Å². The third-order valence-corrected chi connectivity index (χ3v) is 1.89. The fraction of sp³-hybridized carbons (Fsp3) is 0.889. The molecule has 72 valence electrons. The Bertz CT molecular complexity index is 126. The monoisotopic (exact) mass is 191 g/mol. The summed E-state index contributed by atoms with van der Waals surface area (Å²) in [4.78, 5) is 10.9. The van der Waals surface area contributed by atoms with Crippen molar-refractivity contribution in [1.82, 2.24) is 5.32 Å². The topological polar surface area (TPSA) is 29.1 Å². The lowest BCUT2D eigenvalue weighted by Gasteiger charge is -2.05. The van der Waals surface area contributed by atoms with Crippen LogP contribution >= 0.6 is 11.6 Å². The van der Waals surface area contributed by atoms with E-state index in [1.54, 1.807) is 6.92 Å². The Labute approximate surface area is 79.7 Å². The number of unbranched alkanes of at least 4 members (excludes halogenated alkanes) is 3. The van der Waals surface area contributed by atoms with E-state index in [2.05, 4.69) is 12.2 Å². The van der Waals surface area contributed by atoms with Gasteiger partial charge in [0.2, 0.25) is 5.91 Å². The van der Waals surface area contributed by atoms with E-state index in [4.69, 9.17) is 11.6 Å². The van der Waals surface area contributed by atoms with E-state index >= 15 is 0 Å². The van der Waals surface area contributed by atoms with Crippen LogP contribution in [0.5, 0.6) is 0 Å². The smallest absolute Gasteiger partial charge is 0.237 e. The van der Waals surface area contributed by atoms with Crippen LogP contribution in [0.3, 0.4) is 0 Å². The molecule has 0 aliphatic carbocycles. The average molecular weight is 192 g/mol. The number of carbonyl (C=O) groups is 1. The van der Waals surface area contributed by atoms with Gasteiger partial charge in [-0.15, -0.1) is 11.6 Å². The molecule has 0 saturated heterocycles. The lowest BCUT2D eigenvalue weighted by atomic mass is 10.2. The Morgan fingerprint density at radius 2 is 2.08 bits per heavy atom. The Morgan fingerprint density at radius 3 is 2.58 bits per heavy atom. The summed E-state index contributed by atoms with van der Waals surface area (Å²) in [6.07, 6.45) is 4.71. The van der Waals surface area contributed by atoms with Crippen LogP contribution in [0.25, 0.3) is 0 Å². The van der Waals surface area contributed by atoms with Crippen molar-refractivity contribution in [3.8, 4) is 0 Å². The van der Waals surface area contributed by atoms with Gasteiger partial charge in [-0.25, -0.2) is 0 Å². The van der Waals surface area contributed by atoms with Crippen molar-refractivity contribution in [3.63, 3.8) is 0 Å². The van der Waals surface area contributed by atoms with E-state index in [9.17, 15) is 4.79 Å². The van der Waals surface area contributed by atoms with Gasteiger partial charge in [-0.3, -0.25) is 4.79 Å². The van der Waals surface area contributed by atoms with Gasteiger partial charge in [-0.2, -0.15) is 0 Å². The molecule has 0 saturated carbocycles. The number of amides is 1. The minimum absolute atomic E-state index is 0.0619. The molecule has 0 spiro atoms. The standard InChI is InChI=1S/C9H18ClNO/c1-3-4-5-6-7-11-9(12)8(2)10/h8H,3-7H2,1-2H3,(H,11,12)/t8-/m0/s1. The number of rotatable bonds is 6. The SMILES string of the molecule is CCCCCCNC(=O)[C@H](C)Cl. The van der Waals surface area contributed by atoms with Crippen LogP contribution < -0.4 is 5.32 Å². The van der Waals surface area contributed by atoms with Gasteiger partial charge in [-0.1, -0.05) is 26.2 Å². The van der Waals surface area contributed by atoms with E-state index in [0.717, 1.165) is 13.0 Å². The van der Waals surface area contributed by atoms with Gasteiger partial charge < -0.3 is 5.32 Å². The molecule has 0 aliphatic rings. The van der Waals surface area contributed by atoms with Crippen LogP contribution in [-0.4, -0.2) is 17.8 Å². The maximum absolute atomic E-state index is 10.9. The van der Waals surface area contributed by atoms with Gasteiger partial charge in [0, 0.05) is 6.54 Å². The molecule has 0 fully saturated rings. The van der Waals surface area contributed by atoms with E-state index < -0.39 is 5.38 Å². The van der Waals surface area contributed by atoms with Crippen LogP contribution in [0, 0.1) is 0 Å². The number of alkyl halides is 1. The highest BCUT2D eigenvalue weighted by atomic mass is 35.5. The van der Waals surface area contributed by atoms with E-state index in [1.165, 1.54) is 19.3 Å². The third kappa shape index (κ3) is 6.47. The molecule has 0 rings (SSSR count). The summed E-state index contributed by atoms with van der Waals surface area (Å²) in [6, 6.07) is 0. The van der Waals surface area contributed by atoms with Crippen LogP contribution in [0.4, 0.5) is 0 Å². The molecule has 1 N–H and O–H groups in total. The highest BCUT2D eigenvalue weighted by molar-refractivity contribution is 6.30. The summed E-state index contributed by atoms with van der Waals surface area (Å²) < 4.78 is 0. The first-order valence-corrected chi connectivity index (χ1v) is 5.04. The molecule has 0 radical (unpaired) electrons. The van der Waals surface area contributed by atoms with Crippen molar-refractivity contribution < 1.29 is 4.79 Å². The fourth-order valence-corrected chi connectivity index (χ4v) is 0.981. The van der Waals surface area contributed by atoms with Crippen molar-refractivity contribution in [3.05, 3.63) is 0 Å². The quantitative estimate of drug-likeness (QED) is 0.507. The van der Waals surface area contributed by atoms with Gasteiger partial charge in [0.25, 0.3) is 0 Å². The molecule has 0 unspecified atom stereocenters. The van der Waals surface area contributed by atoms with Crippen LogP contribution in [0.1, 0.15) is 39.5 Å². The van der Waals surface area contributed by atoms with Gasteiger partial charge in [-0.05, 0) is 13.3 Å². The maximum Gasteiger partial charge on any atom is 0.237 e. The minimum Gasteiger partial charge on any atom is -0.355 e. The van der Waals surface area contributed by atoms with Crippen LogP contribution in [-0.2, 0) is 4.79 Å². The molecular formula is C9H18ClNO. The first kappa shape index (κ1) is 11.8. The number of hydrogen-bond acceptors (Lipinski definition) is 1. The maximum atomic E-state index is 10.9. The second kappa shape index (κ2) is 7.41. The van der Waals surface area contributed by atoms with Crippen LogP contribution in [0.15, 0.2) is 0 Å². The van der Waals surface area contributed by atoms with E-state index in [0.29, 0.717) is 0 Å². The molecule has 0 heterocycles. The summed E-state index contributed by atoms with van der Waals surface area (Å²) >= 11 is 5.56. The minimum atomic E-state index is -0.406. The normalized spacial score (nSPS) is 12.6. The molecule has 0 bridgehead atoms. The molecule has 0 aliphatic heterocycles. The van der Waals surface area contributed by atoms with Crippen molar-refractivity contribution in [2.45, 2.75) is 44.9 Å². The number of halogens is 1. The second-order valence-electron chi connectivity index (χ2n) is 2.97. The zero-order valence-electron chi connectivity index (χ0n) is 7.90. The Balaban J connectivity index is 3.14. The number of nitrogens with one attached hydrogen (secondary N) is 1. The van der Waals surface area contributed by atoms with E-state index in [-0.39, 0.29) is 5.91 Å². The lowest BCUT2D eigenvalue weighted by molar-refractivity contribution is -0.120. The molecule has 3 heteroatoms. The van der Waals surface area contributed by atoms with Crippen molar-refractivity contribution in [2.24, 2.45) is 0 Å². The molecule has 12 heavy (non-hydrogen) atoms. The molecule has 2 nitrogen and oxygen atoms in total. The predicted octanol–water partition coefficient (Wildman–Crippen LogP) is 2.31. The number of hydrogen-bond donors (Lipinski definition) is 1. The zero-order chi connectivity index (χ0) is 9.40. The first-order valence-electron chi connectivity index (χ1n) is 4.60. The van der Waals surface area contributed by atoms with Gasteiger partial charge in [0.15, 0.2) is 0 Å². The third-order valence-electron chi connectivity index (χ3n) is 1.69. The summed E-state index contributed by atoms with van der Waals surface area (Å²) in [5.41, 5.74) is 0. The summed E-state index contributed by atoms with van der Waals surface area (Å²) in [5, 5.41) is 2.36. The largest absolute Gasteiger partial charge is 0.355 e. The molecule has 0 aromatic heterocycles. The van der Waals surface area contributed by atoms with E-state index in [1.807, 2.05) is 0 Å². The summed E-state index contributed by atoms with van der Waals surface area (Å²) in [6.45, 7) is 4.61. The van der Waals surface area contributed by atoms with Crippen molar-refractivity contribution in [2.75, 3.05) is 6.54 Å². The van der Waals surface area contributed by atoms with Gasteiger partial charge in [0.05, 0.1) is 0 Å². The highest BCUT2D eigenvalue weighted by Crippen LogP contribution is 1.98. The predicted molar refractivity (Wildman–Crippen MR) is 52.5 cm³/mol. The fourth-order valence-electron chi connectivity index (χ4n) is 0.904. The summed E-state index contributed by atoms with van der Waals surface area (Å²) in [7, 11) is 0. The van der Waals surface area contributed by atoms with Crippen molar-refractivity contribution >= 4 is 17.5 Å². The lowest BCUT2D eigenvalue weighted by Crippen LogP contribution is -2.30. The number of carbonyl (C=O) groups excluding carboxylic acids is 1. The Kier molecular flexibility index (Phi) is 7.26. The van der Waals surface area contributed by atoms with Crippen molar-refractivity contribution in [1.29, 1.82) is 0 Å². The highest BCUT2D eigenvalue weighted by Gasteiger charge is 2.06. The molecule has 1 atom stereocenters. The average Bonchev–Trinajstić information content (AvgIpc) is 2.03. The Hall–Kier alpha value is -0.240. The molecule has 0 aromatic carbocycles. The molecule has 1 amide bonds.